The van der Waals surface area contributed by atoms with Crippen molar-refractivity contribution in [2.45, 2.75) is 71.6 Å². The highest BCUT2D eigenvalue weighted by Gasteiger charge is 2.40. The molecule has 0 saturated heterocycles. The number of fused-ring (bicyclic) bond motifs is 4. The molecule has 0 bridgehead atoms. The SMILES string of the molecule is Cc1ccc2nc(-c3cc(C(=O)O)c(-c4nc5ccc(C(C)(C)C(C)(C)c6ccc7nc(-c8cc(-c9nc%10ccc(C(C)(C)C)cc%10[nH]9)c(C(=O)O)cc8C(=O)O)[nH]c7c6)cc5[nH]4)cc3C(=O)O)[nH]c2c1. The van der Waals surface area contributed by atoms with Crippen LogP contribution in [0.4, 0.5) is 0 Å². The number of hydrogen-bond acceptors (Lipinski definition) is 8. The monoisotopic (exact) mass is 948 g/mol. The summed E-state index contributed by atoms with van der Waals surface area (Å²) in [5, 5.41) is 41.5. The molecule has 4 aromatic heterocycles. The van der Waals surface area contributed by atoms with Gasteiger partial charge in [0.2, 0.25) is 0 Å². The fraction of sp³-hybridized carbons (Fsp3) is 0.200. The highest BCUT2D eigenvalue weighted by Crippen LogP contribution is 2.45. The summed E-state index contributed by atoms with van der Waals surface area (Å²) in [4.78, 5) is 82.8. The minimum atomic E-state index is -1.32. The predicted molar refractivity (Wildman–Crippen MR) is 271 cm³/mol. The van der Waals surface area contributed by atoms with Gasteiger partial charge in [-0.05, 0) is 118 Å². The van der Waals surface area contributed by atoms with Crippen LogP contribution in [0.15, 0.2) is 97.1 Å². The van der Waals surface area contributed by atoms with Gasteiger partial charge in [-0.15, -0.1) is 0 Å². The van der Waals surface area contributed by atoms with E-state index in [9.17, 15) is 39.6 Å². The number of aryl methyl sites for hydroxylation is 1. The Morgan fingerprint density at radius 1 is 0.380 bits per heavy atom. The van der Waals surface area contributed by atoms with Gasteiger partial charge in [-0.3, -0.25) is 0 Å². The van der Waals surface area contributed by atoms with E-state index in [0.29, 0.717) is 44.1 Å². The molecular weight excluding hydrogens is 901 g/mol. The Bertz CT molecular complexity index is 3920. The van der Waals surface area contributed by atoms with Gasteiger partial charge in [0.25, 0.3) is 0 Å². The van der Waals surface area contributed by atoms with E-state index in [-0.39, 0.29) is 73.2 Å². The zero-order valence-corrected chi connectivity index (χ0v) is 39.9. The third-order valence-electron chi connectivity index (χ3n) is 14.2. The topological polar surface area (TPSA) is 264 Å². The van der Waals surface area contributed by atoms with E-state index >= 15 is 0 Å². The van der Waals surface area contributed by atoms with Crippen LogP contribution in [0.25, 0.3) is 89.7 Å². The van der Waals surface area contributed by atoms with Crippen LogP contribution in [0.2, 0.25) is 0 Å². The molecule has 0 aliphatic carbocycles. The van der Waals surface area contributed by atoms with Crippen LogP contribution < -0.4 is 0 Å². The number of aromatic carboxylic acids is 4. The van der Waals surface area contributed by atoms with E-state index in [4.69, 9.17) is 15.0 Å². The van der Waals surface area contributed by atoms with Crippen molar-refractivity contribution in [3.8, 4) is 45.6 Å². The van der Waals surface area contributed by atoms with Crippen LogP contribution in [0.5, 0.6) is 0 Å². The second-order valence-corrected chi connectivity index (χ2v) is 20.2. The van der Waals surface area contributed by atoms with Gasteiger partial charge in [0.1, 0.15) is 23.3 Å². The molecule has 0 radical (unpaired) electrons. The lowest BCUT2D eigenvalue weighted by Crippen LogP contribution is -2.40. The Labute approximate surface area is 404 Å². The van der Waals surface area contributed by atoms with Crippen molar-refractivity contribution in [1.29, 1.82) is 0 Å². The molecule has 16 heteroatoms. The van der Waals surface area contributed by atoms with Crippen molar-refractivity contribution < 1.29 is 39.6 Å². The van der Waals surface area contributed by atoms with Crippen molar-refractivity contribution in [2.24, 2.45) is 0 Å². The molecule has 71 heavy (non-hydrogen) atoms. The van der Waals surface area contributed by atoms with Gasteiger partial charge in [-0.1, -0.05) is 72.7 Å². The summed E-state index contributed by atoms with van der Waals surface area (Å²) in [7, 11) is 0. The quantitative estimate of drug-likeness (QED) is 0.0602. The molecule has 0 spiro atoms. The number of imidazole rings is 4. The number of nitrogens with zero attached hydrogens (tertiary/aromatic N) is 4. The van der Waals surface area contributed by atoms with Gasteiger partial charge in [-0.2, -0.15) is 0 Å². The fourth-order valence-electron chi connectivity index (χ4n) is 9.32. The van der Waals surface area contributed by atoms with Crippen LogP contribution in [0.1, 0.15) is 112 Å². The van der Waals surface area contributed by atoms with Crippen LogP contribution in [0.3, 0.4) is 0 Å². The van der Waals surface area contributed by atoms with Crippen molar-refractivity contribution >= 4 is 68.0 Å². The van der Waals surface area contributed by atoms with Crippen LogP contribution >= 0.6 is 0 Å². The molecule has 10 aromatic rings. The first-order valence-corrected chi connectivity index (χ1v) is 22.8. The first-order valence-electron chi connectivity index (χ1n) is 22.8. The molecule has 0 fully saturated rings. The van der Waals surface area contributed by atoms with Gasteiger partial charge in [0.05, 0.1) is 66.4 Å². The summed E-state index contributed by atoms with van der Waals surface area (Å²) in [6.45, 7) is 16.7. The van der Waals surface area contributed by atoms with Gasteiger partial charge in [0.15, 0.2) is 0 Å². The largest absolute Gasteiger partial charge is 0.478 e. The summed E-state index contributed by atoms with van der Waals surface area (Å²) in [5.74, 6) is -4.24. The molecule has 6 aromatic carbocycles. The Hall–Kier alpha value is -8.92. The standard InChI is InChI=1S/C55H48N8O8/c1-25-9-13-37-41(17-25)60-47(56-37)31-22-34(50(66)67)32(23-33(31)49(64)65)48-59-40-16-12-28(20-44(40)63-48)55(7,8)54(5,6)27-11-15-39-43(19-27)62-46(58-39)30-21-29(35(51(68)69)24-36(30)52(70)71)45-57-38-14-10-26(53(2,3)4)18-42(38)61-45/h9-24H,1-8H3,(H,56,60)(H,57,61)(H,58,62)(H,59,63)(H,64,65)(H,66,67)(H,68,69)(H,70,71). The zero-order chi connectivity index (χ0) is 50.6. The molecule has 0 aliphatic rings. The zero-order valence-electron chi connectivity index (χ0n) is 39.9. The van der Waals surface area contributed by atoms with E-state index in [2.05, 4.69) is 73.4 Å². The maximum Gasteiger partial charge on any atom is 0.336 e. The number of H-pyrrole nitrogens is 4. The number of benzene rings is 6. The number of nitrogens with one attached hydrogen (secondary N) is 4. The Morgan fingerprint density at radius 2 is 0.676 bits per heavy atom. The molecule has 0 saturated carbocycles. The van der Waals surface area contributed by atoms with Crippen molar-refractivity contribution in [3.05, 3.63) is 142 Å². The molecule has 0 unspecified atom stereocenters. The molecular formula is C55H48N8O8. The highest BCUT2D eigenvalue weighted by atomic mass is 16.4. The van der Waals surface area contributed by atoms with E-state index < -0.39 is 34.7 Å². The smallest absolute Gasteiger partial charge is 0.336 e. The summed E-state index contributed by atoms with van der Waals surface area (Å²) >= 11 is 0. The maximum absolute atomic E-state index is 12.8. The fourth-order valence-corrected chi connectivity index (χ4v) is 9.32. The third-order valence-corrected chi connectivity index (χ3v) is 14.2. The Kier molecular flexibility index (Phi) is 10.4. The highest BCUT2D eigenvalue weighted by molar-refractivity contribution is 6.05. The molecule has 0 aliphatic heterocycles. The Balaban J connectivity index is 0.995. The van der Waals surface area contributed by atoms with E-state index in [1.165, 1.54) is 18.2 Å². The Morgan fingerprint density at radius 3 is 1.03 bits per heavy atom. The van der Waals surface area contributed by atoms with Crippen molar-refractivity contribution in [2.75, 3.05) is 0 Å². The first kappa shape index (κ1) is 45.8. The number of hydrogen-bond donors (Lipinski definition) is 8. The first-order chi connectivity index (χ1) is 33.5. The second-order valence-electron chi connectivity index (χ2n) is 20.2. The predicted octanol–water partition coefficient (Wildman–Crippen LogP) is 11.5. The lowest BCUT2D eigenvalue weighted by molar-refractivity contribution is 0.0682. The number of carboxylic acids is 4. The number of carboxylic acid groups (broad SMARTS) is 4. The molecule has 4 heterocycles. The van der Waals surface area contributed by atoms with E-state index in [1.807, 2.05) is 79.7 Å². The van der Waals surface area contributed by atoms with Crippen LogP contribution in [0, 0.1) is 6.92 Å². The third kappa shape index (κ3) is 7.73. The van der Waals surface area contributed by atoms with Crippen LogP contribution in [-0.2, 0) is 16.2 Å². The average Bonchev–Trinajstić information content (AvgIpc) is 4.13. The minimum Gasteiger partial charge on any atom is -0.478 e. The van der Waals surface area contributed by atoms with Gasteiger partial charge in [0, 0.05) is 22.3 Å². The van der Waals surface area contributed by atoms with Gasteiger partial charge in [-0.25, -0.2) is 39.1 Å². The molecule has 8 N–H and O–H groups in total. The summed E-state index contributed by atoms with van der Waals surface area (Å²) in [6, 6.07) is 28.3. The lowest BCUT2D eigenvalue weighted by atomic mass is 9.61. The lowest BCUT2D eigenvalue weighted by Gasteiger charge is -2.43. The molecule has 0 atom stereocenters. The summed E-state index contributed by atoms with van der Waals surface area (Å²) in [5.41, 5.74) is 7.45. The van der Waals surface area contributed by atoms with Gasteiger partial charge >= 0.3 is 23.9 Å². The second kappa shape index (κ2) is 16.1. The average molecular weight is 949 g/mol. The van der Waals surface area contributed by atoms with E-state index in [0.717, 1.165) is 28.3 Å². The molecule has 356 valence electrons. The van der Waals surface area contributed by atoms with Crippen molar-refractivity contribution in [1.82, 2.24) is 39.9 Å². The normalized spacial score (nSPS) is 12.4. The van der Waals surface area contributed by atoms with Crippen LogP contribution in [-0.4, -0.2) is 84.2 Å². The molecule has 16 nitrogen and oxygen atoms in total. The summed E-state index contributed by atoms with van der Waals surface area (Å²) in [6.07, 6.45) is 0. The maximum atomic E-state index is 12.8. The molecule has 0 amide bonds. The molecule has 10 rings (SSSR count). The summed E-state index contributed by atoms with van der Waals surface area (Å²) < 4.78 is 0. The number of aromatic nitrogens is 8. The number of aromatic amines is 4. The minimum absolute atomic E-state index is 0.101. The van der Waals surface area contributed by atoms with Gasteiger partial charge < -0.3 is 40.4 Å². The number of rotatable bonds is 11. The van der Waals surface area contributed by atoms with Crippen molar-refractivity contribution in [3.63, 3.8) is 0 Å². The van der Waals surface area contributed by atoms with E-state index in [1.54, 1.807) is 0 Å². The number of carbonyl (C=O) groups is 4.